The maximum absolute atomic E-state index is 13.5. The number of hydrogen-bond donors (Lipinski definition) is 0. The van der Waals surface area contributed by atoms with Crippen LogP contribution in [0.1, 0.15) is 16.4 Å². The van der Waals surface area contributed by atoms with Gasteiger partial charge >= 0.3 is 0 Å². The predicted molar refractivity (Wildman–Crippen MR) is 123 cm³/mol. The van der Waals surface area contributed by atoms with Crippen LogP contribution in [0.2, 0.25) is 0 Å². The molecule has 0 aliphatic carbocycles. The molecule has 1 aliphatic rings. The van der Waals surface area contributed by atoms with Crippen molar-refractivity contribution in [1.82, 2.24) is 9.47 Å². The molecule has 1 atom stereocenters. The summed E-state index contributed by atoms with van der Waals surface area (Å²) in [7, 11) is 0. The second kappa shape index (κ2) is 9.31. The number of carbonyl (C=O) groups is 2. The average molecular weight is 480 g/mol. The Morgan fingerprint density at radius 1 is 0.806 bits per heavy atom. The third kappa shape index (κ3) is 4.61. The van der Waals surface area contributed by atoms with Crippen molar-refractivity contribution < 1.29 is 9.59 Å². The second-order valence-corrected chi connectivity index (χ2v) is 8.28. The van der Waals surface area contributed by atoms with Crippen LogP contribution in [-0.4, -0.2) is 47.3 Å². The summed E-state index contributed by atoms with van der Waals surface area (Å²) in [6.45, 7) is 2.30. The Balaban J connectivity index is 1.59. The summed E-state index contributed by atoms with van der Waals surface area (Å²) in [6, 6.07) is 20.3. The molecule has 1 fully saturated rings. The average Bonchev–Trinajstić information content (AvgIpc) is 2.81. The molecule has 0 bridgehead atoms. The van der Waals surface area contributed by atoms with Gasteiger partial charge in [-0.15, -0.1) is 0 Å². The predicted octanol–water partition coefficient (Wildman–Crippen LogP) is 3.38. The molecule has 2 heterocycles. The highest BCUT2D eigenvalue weighted by Crippen LogP contribution is 2.21. The first kappa shape index (κ1) is 21.1. The fourth-order valence-corrected chi connectivity index (χ4v) is 4.04. The number of benzene rings is 2. The molecule has 7 heteroatoms. The lowest BCUT2D eigenvalue weighted by Crippen LogP contribution is -2.52. The highest BCUT2D eigenvalue weighted by atomic mass is 79.9. The number of Topliss-reactive ketones (excluding diaryl/α,β-unsaturated/α-hetero) is 1. The third-order valence-corrected chi connectivity index (χ3v) is 5.98. The molecule has 0 radical (unpaired) electrons. The maximum atomic E-state index is 13.5. The Morgan fingerprint density at radius 2 is 1.45 bits per heavy atom. The van der Waals surface area contributed by atoms with E-state index in [4.69, 9.17) is 0 Å². The van der Waals surface area contributed by atoms with Crippen LogP contribution in [0.25, 0.3) is 0 Å². The van der Waals surface area contributed by atoms with Gasteiger partial charge in [0.15, 0.2) is 11.8 Å². The van der Waals surface area contributed by atoms with E-state index >= 15 is 0 Å². The van der Waals surface area contributed by atoms with E-state index in [0.29, 0.717) is 31.7 Å². The molecule has 158 valence electrons. The number of hydrogen-bond acceptors (Lipinski definition) is 4. The highest BCUT2D eigenvalue weighted by molar-refractivity contribution is 9.10. The molecule has 0 spiro atoms. The zero-order valence-electron chi connectivity index (χ0n) is 16.9. The Hall–Kier alpha value is -3.19. The van der Waals surface area contributed by atoms with Crippen LogP contribution in [0.5, 0.6) is 0 Å². The Labute approximate surface area is 188 Å². The van der Waals surface area contributed by atoms with Gasteiger partial charge < -0.3 is 9.80 Å². The van der Waals surface area contributed by atoms with Crippen LogP contribution >= 0.6 is 15.9 Å². The van der Waals surface area contributed by atoms with Crippen LogP contribution in [0.4, 0.5) is 5.69 Å². The maximum Gasteiger partial charge on any atom is 0.253 e. The first-order valence-electron chi connectivity index (χ1n) is 10.1. The van der Waals surface area contributed by atoms with Crippen LogP contribution in [0.15, 0.2) is 88.3 Å². The largest absolute Gasteiger partial charge is 0.368 e. The van der Waals surface area contributed by atoms with Crippen LogP contribution < -0.4 is 10.5 Å². The van der Waals surface area contributed by atoms with Gasteiger partial charge in [-0.2, -0.15) is 0 Å². The van der Waals surface area contributed by atoms with Gasteiger partial charge in [0.25, 0.3) is 11.5 Å². The summed E-state index contributed by atoms with van der Waals surface area (Å²) in [6.07, 6.45) is 1.50. The minimum atomic E-state index is -1.22. The molecule has 4 rings (SSSR count). The van der Waals surface area contributed by atoms with Gasteiger partial charge in [-0.3, -0.25) is 19.0 Å². The van der Waals surface area contributed by atoms with Gasteiger partial charge in [0.1, 0.15) is 0 Å². The molecular weight excluding hydrogens is 458 g/mol. The number of anilines is 1. The Bertz CT molecular complexity index is 1120. The fraction of sp³-hybridized carbons (Fsp3) is 0.208. The number of carbonyl (C=O) groups excluding carboxylic acids is 2. The summed E-state index contributed by atoms with van der Waals surface area (Å²) in [5.41, 5.74) is 1.12. The molecule has 1 aromatic heterocycles. The summed E-state index contributed by atoms with van der Waals surface area (Å²) in [5, 5.41) is 0. The normalized spacial score (nSPS) is 14.9. The molecule has 0 N–H and O–H groups in total. The third-order valence-electron chi connectivity index (χ3n) is 5.45. The quantitative estimate of drug-likeness (QED) is 0.415. The van der Waals surface area contributed by atoms with Crippen LogP contribution in [-0.2, 0) is 4.79 Å². The van der Waals surface area contributed by atoms with E-state index in [2.05, 4.69) is 20.8 Å². The smallest absolute Gasteiger partial charge is 0.253 e. The lowest BCUT2D eigenvalue weighted by Gasteiger charge is -2.37. The van der Waals surface area contributed by atoms with Gasteiger partial charge in [-0.1, -0.05) is 52.3 Å². The van der Waals surface area contributed by atoms with Crippen molar-refractivity contribution in [1.29, 1.82) is 0 Å². The fourth-order valence-electron chi connectivity index (χ4n) is 3.78. The second-order valence-electron chi connectivity index (χ2n) is 7.37. The Morgan fingerprint density at radius 3 is 2.10 bits per heavy atom. The van der Waals surface area contributed by atoms with E-state index < -0.39 is 11.8 Å². The van der Waals surface area contributed by atoms with Gasteiger partial charge in [0, 0.05) is 54.2 Å². The van der Waals surface area contributed by atoms with Gasteiger partial charge in [-0.25, -0.2) is 0 Å². The number of para-hydroxylation sites is 1. The van der Waals surface area contributed by atoms with Gasteiger partial charge in [-0.05, 0) is 30.3 Å². The number of halogens is 1. The van der Waals surface area contributed by atoms with Crippen molar-refractivity contribution in [3.05, 3.63) is 99.4 Å². The lowest BCUT2D eigenvalue weighted by atomic mass is 10.0. The molecule has 3 aromatic rings. The number of pyridine rings is 1. The van der Waals surface area contributed by atoms with E-state index in [1.165, 1.54) is 16.8 Å². The van der Waals surface area contributed by atoms with Gasteiger partial charge in [0.2, 0.25) is 0 Å². The van der Waals surface area contributed by atoms with Crippen molar-refractivity contribution in [2.45, 2.75) is 6.04 Å². The summed E-state index contributed by atoms with van der Waals surface area (Å²) < 4.78 is 2.07. The zero-order valence-corrected chi connectivity index (χ0v) is 18.4. The molecule has 1 unspecified atom stereocenters. The molecule has 1 saturated heterocycles. The van der Waals surface area contributed by atoms with Crippen molar-refractivity contribution in [3.8, 4) is 0 Å². The summed E-state index contributed by atoms with van der Waals surface area (Å²) >= 11 is 3.36. The molecule has 6 nitrogen and oxygen atoms in total. The van der Waals surface area contributed by atoms with Crippen LogP contribution in [0.3, 0.4) is 0 Å². The van der Waals surface area contributed by atoms with E-state index in [-0.39, 0.29) is 11.5 Å². The lowest BCUT2D eigenvalue weighted by molar-refractivity contribution is -0.133. The van der Waals surface area contributed by atoms with Crippen LogP contribution in [0, 0.1) is 0 Å². The standard InChI is InChI=1S/C24H22BrN3O3/c25-19-11-9-18(10-12-19)23(30)22(28-13-5-4-8-21(28)29)24(31)27-16-14-26(15-17-27)20-6-2-1-3-7-20/h1-13,22H,14-17H2. The highest BCUT2D eigenvalue weighted by Gasteiger charge is 2.35. The van der Waals surface area contributed by atoms with E-state index in [1.807, 2.05) is 30.3 Å². The molecular formula is C24H22BrN3O3. The van der Waals surface area contributed by atoms with Crippen molar-refractivity contribution in [2.24, 2.45) is 0 Å². The molecule has 1 amide bonds. The number of nitrogens with zero attached hydrogens (tertiary/aromatic N) is 3. The minimum absolute atomic E-state index is 0.353. The van der Waals surface area contributed by atoms with Gasteiger partial charge in [0.05, 0.1) is 0 Å². The topological polar surface area (TPSA) is 62.6 Å². The van der Waals surface area contributed by atoms with E-state index in [0.717, 1.165) is 10.2 Å². The molecule has 31 heavy (non-hydrogen) atoms. The first-order chi connectivity index (χ1) is 15.0. The summed E-state index contributed by atoms with van der Waals surface area (Å²) in [5.74, 6) is -0.745. The Kier molecular flexibility index (Phi) is 6.32. The zero-order chi connectivity index (χ0) is 21.8. The molecule has 0 saturated carbocycles. The number of rotatable bonds is 5. The summed E-state index contributed by atoms with van der Waals surface area (Å²) in [4.78, 5) is 43.2. The first-order valence-corrected chi connectivity index (χ1v) is 10.9. The molecule has 1 aliphatic heterocycles. The van der Waals surface area contributed by atoms with E-state index in [1.54, 1.807) is 41.3 Å². The number of piperazine rings is 1. The van der Waals surface area contributed by atoms with E-state index in [9.17, 15) is 14.4 Å². The monoisotopic (exact) mass is 479 g/mol. The van der Waals surface area contributed by atoms with Crippen molar-refractivity contribution in [2.75, 3.05) is 31.1 Å². The minimum Gasteiger partial charge on any atom is -0.368 e. The van der Waals surface area contributed by atoms with Crippen molar-refractivity contribution in [3.63, 3.8) is 0 Å². The SMILES string of the molecule is O=C(c1ccc(Br)cc1)C(C(=O)N1CCN(c2ccccc2)CC1)n1ccccc1=O. The number of aromatic nitrogens is 1. The number of ketones is 1. The number of amides is 1. The molecule has 2 aromatic carbocycles. The van der Waals surface area contributed by atoms with Crippen molar-refractivity contribution >= 4 is 33.3 Å².